The Kier molecular flexibility index (Phi) is 9.82. The summed E-state index contributed by atoms with van der Waals surface area (Å²) in [5, 5.41) is 2.97. The summed E-state index contributed by atoms with van der Waals surface area (Å²) >= 11 is 0. The van der Waals surface area contributed by atoms with Gasteiger partial charge in [-0.3, -0.25) is 9.59 Å². The van der Waals surface area contributed by atoms with Gasteiger partial charge in [0.2, 0.25) is 21.8 Å². The molecular formula is C28H33N3O5S. The van der Waals surface area contributed by atoms with Gasteiger partial charge in [0.25, 0.3) is 0 Å². The summed E-state index contributed by atoms with van der Waals surface area (Å²) in [6.07, 6.45) is 1.64. The standard InChI is InChI=1S/C28H33N3O5S/c1-30(37(3,34)35)21-26(32)31(20-23-10-6-4-7-11-23)27(24-12-8-5-9-13-24)28(33)29-19-18-22-14-16-25(36-2)17-15-22/h4-17,27H,18-21H2,1-3H3,(H,29,33)/t27-/m0/s1. The van der Waals surface area contributed by atoms with E-state index < -0.39 is 22.0 Å². The quantitative estimate of drug-likeness (QED) is 0.394. The first-order chi connectivity index (χ1) is 17.7. The fourth-order valence-electron chi connectivity index (χ4n) is 3.83. The van der Waals surface area contributed by atoms with Gasteiger partial charge in [0.15, 0.2) is 0 Å². The second-order valence-electron chi connectivity index (χ2n) is 8.73. The van der Waals surface area contributed by atoms with Crippen molar-refractivity contribution in [1.82, 2.24) is 14.5 Å². The molecule has 0 unspecified atom stereocenters. The van der Waals surface area contributed by atoms with Gasteiger partial charge in [-0.2, -0.15) is 4.31 Å². The van der Waals surface area contributed by atoms with E-state index in [0.717, 1.165) is 27.4 Å². The Balaban J connectivity index is 1.87. The van der Waals surface area contributed by atoms with Crippen LogP contribution in [0.4, 0.5) is 0 Å². The molecule has 0 fully saturated rings. The van der Waals surface area contributed by atoms with Gasteiger partial charge in [-0.05, 0) is 35.2 Å². The first-order valence-corrected chi connectivity index (χ1v) is 13.7. The molecule has 1 N–H and O–H groups in total. The Morgan fingerprint density at radius 2 is 1.49 bits per heavy atom. The maximum absolute atomic E-state index is 13.6. The molecule has 3 aromatic carbocycles. The van der Waals surface area contributed by atoms with Crippen LogP contribution in [0.25, 0.3) is 0 Å². The van der Waals surface area contributed by atoms with Crippen molar-refractivity contribution in [2.45, 2.75) is 19.0 Å². The fourth-order valence-corrected chi connectivity index (χ4v) is 4.17. The molecule has 8 nitrogen and oxygen atoms in total. The van der Waals surface area contributed by atoms with E-state index in [-0.39, 0.29) is 19.0 Å². The van der Waals surface area contributed by atoms with Gasteiger partial charge in [-0.15, -0.1) is 0 Å². The number of sulfonamides is 1. The van der Waals surface area contributed by atoms with Crippen LogP contribution in [0.2, 0.25) is 0 Å². The summed E-state index contributed by atoms with van der Waals surface area (Å²) in [7, 11) is -0.635. The Bertz CT molecular complexity index is 1270. The molecule has 2 amide bonds. The van der Waals surface area contributed by atoms with Crippen LogP contribution in [0.3, 0.4) is 0 Å². The largest absolute Gasteiger partial charge is 0.497 e. The molecule has 0 aliphatic carbocycles. The Morgan fingerprint density at radius 3 is 2.05 bits per heavy atom. The number of carbonyl (C=O) groups is 2. The molecule has 0 heterocycles. The summed E-state index contributed by atoms with van der Waals surface area (Å²) in [6, 6.07) is 25.0. The third kappa shape index (κ3) is 8.16. The van der Waals surface area contributed by atoms with E-state index in [9.17, 15) is 18.0 Å². The van der Waals surface area contributed by atoms with Gasteiger partial charge < -0.3 is 15.0 Å². The number of benzene rings is 3. The lowest BCUT2D eigenvalue weighted by atomic mass is 10.0. The fraction of sp³-hybridized carbons (Fsp3) is 0.286. The predicted octanol–water partition coefficient (Wildman–Crippen LogP) is 3.02. The van der Waals surface area contributed by atoms with Crippen molar-refractivity contribution in [3.63, 3.8) is 0 Å². The lowest BCUT2D eigenvalue weighted by molar-refractivity contribution is -0.141. The molecule has 9 heteroatoms. The lowest BCUT2D eigenvalue weighted by Gasteiger charge is -2.32. The number of methoxy groups -OCH3 is 1. The average molecular weight is 524 g/mol. The van der Waals surface area contributed by atoms with Crippen LogP contribution in [0.5, 0.6) is 5.75 Å². The SMILES string of the molecule is COc1ccc(CCNC(=O)[C@H](c2ccccc2)N(Cc2ccccc2)C(=O)CN(C)S(C)(=O)=O)cc1. The monoisotopic (exact) mass is 523 g/mol. The van der Waals surface area contributed by atoms with Crippen LogP contribution in [0.15, 0.2) is 84.9 Å². The van der Waals surface area contributed by atoms with Crippen molar-refractivity contribution in [3.8, 4) is 5.75 Å². The molecule has 0 radical (unpaired) electrons. The molecule has 0 aliphatic heterocycles. The number of carbonyl (C=O) groups excluding carboxylic acids is 2. The van der Waals surface area contributed by atoms with Crippen molar-refractivity contribution in [1.29, 1.82) is 0 Å². The molecular weight excluding hydrogens is 490 g/mol. The minimum atomic E-state index is -3.59. The first kappa shape index (κ1) is 27.9. The zero-order valence-electron chi connectivity index (χ0n) is 21.3. The summed E-state index contributed by atoms with van der Waals surface area (Å²) in [5.74, 6) is -0.0620. The number of hydrogen-bond acceptors (Lipinski definition) is 5. The number of nitrogens with one attached hydrogen (secondary N) is 1. The Hall–Kier alpha value is -3.69. The third-order valence-electron chi connectivity index (χ3n) is 5.99. The van der Waals surface area contributed by atoms with Crippen molar-refractivity contribution in [3.05, 3.63) is 102 Å². The van der Waals surface area contributed by atoms with Crippen molar-refractivity contribution >= 4 is 21.8 Å². The number of rotatable bonds is 12. The van der Waals surface area contributed by atoms with Gasteiger partial charge in [0, 0.05) is 20.1 Å². The predicted molar refractivity (Wildman–Crippen MR) is 143 cm³/mol. The smallest absolute Gasteiger partial charge is 0.247 e. The van der Waals surface area contributed by atoms with Crippen molar-refractivity contribution in [2.24, 2.45) is 0 Å². The molecule has 1 atom stereocenters. The molecule has 0 bridgehead atoms. The van der Waals surface area contributed by atoms with Gasteiger partial charge in [0.05, 0.1) is 19.9 Å². The van der Waals surface area contributed by atoms with Crippen LogP contribution in [-0.4, -0.2) is 62.9 Å². The minimum Gasteiger partial charge on any atom is -0.497 e. The van der Waals surface area contributed by atoms with Crippen molar-refractivity contribution < 1.29 is 22.7 Å². The molecule has 37 heavy (non-hydrogen) atoms. The summed E-state index contributed by atoms with van der Waals surface area (Å²) in [4.78, 5) is 28.5. The zero-order valence-corrected chi connectivity index (χ0v) is 22.1. The average Bonchev–Trinajstić information content (AvgIpc) is 2.89. The second-order valence-corrected chi connectivity index (χ2v) is 10.8. The molecule has 3 rings (SSSR count). The topological polar surface area (TPSA) is 96.0 Å². The zero-order chi connectivity index (χ0) is 26.8. The molecule has 0 saturated carbocycles. The molecule has 0 spiro atoms. The maximum Gasteiger partial charge on any atom is 0.247 e. The van der Waals surface area contributed by atoms with Crippen LogP contribution in [-0.2, 0) is 32.6 Å². The molecule has 0 aliphatic rings. The molecule has 196 valence electrons. The number of hydrogen-bond donors (Lipinski definition) is 1. The number of nitrogens with zero attached hydrogens (tertiary/aromatic N) is 2. The lowest BCUT2D eigenvalue weighted by Crippen LogP contribution is -2.47. The van der Waals surface area contributed by atoms with Crippen LogP contribution in [0.1, 0.15) is 22.7 Å². The van der Waals surface area contributed by atoms with Crippen molar-refractivity contribution in [2.75, 3.05) is 33.5 Å². The third-order valence-corrected chi connectivity index (χ3v) is 7.25. The van der Waals surface area contributed by atoms with E-state index in [0.29, 0.717) is 18.5 Å². The van der Waals surface area contributed by atoms with E-state index in [2.05, 4.69) is 5.32 Å². The first-order valence-electron chi connectivity index (χ1n) is 11.9. The highest BCUT2D eigenvalue weighted by Gasteiger charge is 2.32. The van der Waals surface area contributed by atoms with E-state index >= 15 is 0 Å². The highest BCUT2D eigenvalue weighted by molar-refractivity contribution is 7.88. The molecule has 0 saturated heterocycles. The Labute approximate surface area is 218 Å². The van der Waals surface area contributed by atoms with E-state index in [1.165, 1.54) is 11.9 Å². The van der Waals surface area contributed by atoms with E-state index in [4.69, 9.17) is 4.74 Å². The van der Waals surface area contributed by atoms with Gasteiger partial charge in [0.1, 0.15) is 11.8 Å². The highest BCUT2D eigenvalue weighted by Crippen LogP contribution is 2.24. The molecule has 0 aromatic heterocycles. The van der Waals surface area contributed by atoms with Gasteiger partial charge in [-0.1, -0.05) is 72.8 Å². The van der Waals surface area contributed by atoms with Crippen LogP contribution >= 0.6 is 0 Å². The van der Waals surface area contributed by atoms with E-state index in [1.807, 2.05) is 60.7 Å². The Morgan fingerprint density at radius 1 is 0.892 bits per heavy atom. The van der Waals surface area contributed by atoms with Crippen LogP contribution < -0.4 is 10.1 Å². The summed E-state index contributed by atoms with van der Waals surface area (Å²) in [5.41, 5.74) is 2.49. The normalized spacial score (nSPS) is 12.1. The number of ether oxygens (including phenoxy) is 1. The highest BCUT2D eigenvalue weighted by atomic mass is 32.2. The number of likely N-dealkylation sites (N-methyl/N-ethyl adjacent to an activating group) is 1. The molecule has 3 aromatic rings. The van der Waals surface area contributed by atoms with Gasteiger partial charge in [-0.25, -0.2) is 8.42 Å². The minimum absolute atomic E-state index is 0.142. The van der Waals surface area contributed by atoms with Gasteiger partial charge >= 0.3 is 0 Å². The van der Waals surface area contributed by atoms with E-state index in [1.54, 1.807) is 31.4 Å². The second kappa shape index (κ2) is 13.0. The number of amides is 2. The van der Waals surface area contributed by atoms with Crippen LogP contribution in [0, 0.1) is 0 Å². The maximum atomic E-state index is 13.6. The summed E-state index contributed by atoms with van der Waals surface area (Å²) in [6.45, 7) is 0.127. The summed E-state index contributed by atoms with van der Waals surface area (Å²) < 4.78 is 30.2.